The Hall–Kier alpha value is -1.83. The number of nitrogens with one attached hydrogen (secondary N) is 1. The molecular weight excluding hydrogens is 290 g/mol. The van der Waals surface area contributed by atoms with Crippen LogP contribution in [0, 0.1) is 0 Å². The predicted molar refractivity (Wildman–Crippen MR) is 79.3 cm³/mol. The van der Waals surface area contributed by atoms with Crippen molar-refractivity contribution in [1.29, 1.82) is 0 Å². The highest BCUT2D eigenvalue weighted by atomic mass is 16.6. The number of rotatable bonds is 7. The van der Waals surface area contributed by atoms with Crippen LogP contribution in [0.2, 0.25) is 0 Å². The van der Waals surface area contributed by atoms with Crippen molar-refractivity contribution < 1.29 is 23.9 Å². The Kier molecular flexibility index (Phi) is 8.27. The van der Waals surface area contributed by atoms with Gasteiger partial charge in [0, 0.05) is 46.4 Å². The first-order valence-electron chi connectivity index (χ1n) is 7.53. The average molecular weight is 315 g/mol. The number of nitrogens with zero attached hydrogens (tertiary/aromatic N) is 2. The Bertz CT molecular complexity index is 381. The van der Waals surface area contributed by atoms with E-state index in [1.165, 1.54) is 0 Å². The number of amides is 3. The summed E-state index contributed by atoms with van der Waals surface area (Å²) in [6, 6.07) is 0. The molecule has 3 amide bonds. The standard InChI is InChI=1S/C14H25N3O5/c1-3-22-14(20)17-8-6-16(7-9-17)13(19)11-12(18)15-5-4-10-21-2/h3-11H2,1-2H3,(H,15,18). The Labute approximate surface area is 130 Å². The van der Waals surface area contributed by atoms with Gasteiger partial charge in [0.15, 0.2) is 0 Å². The van der Waals surface area contributed by atoms with Crippen molar-refractivity contribution in [2.45, 2.75) is 19.8 Å². The largest absolute Gasteiger partial charge is 0.450 e. The van der Waals surface area contributed by atoms with Crippen molar-refractivity contribution in [2.75, 3.05) is 53.0 Å². The second-order valence-electron chi connectivity index (χ2n) is 4.94. The normalized spacial score (nSPS) is 14.6. The first-order chi connectivity index (χ1) is 10.6. The van der Waals surface area contributed by atoms with E-state index in [0.717, 1.165) is 0 Å². The minimum atomic E-state index is -0.356. The first kappa shape index (κ1) is 18.2. The number of hydrogen-bond acceptors (Lipinski definition) is 5. The van der Waals surface area contributed by atoms with Gasteiger partial charge in [0.25, 0.3) is 0 Å². The van der Waals surface area contributed by atoms with E-state index in [1.54, 1.807) is 23.8 Å². The van der Waals surface area contributed by atoms with Gasteiger partial charge in [-0.15, -0.1) is 0 Å². The van der Waals surface area contributed by atoms with Crippen LogP contribution in [0.1, 0.15) is 19.8 Å². The third-order valence-corrected chi connectivity index (χ3v) is 3.32. The number of methoxy groups -OCH3 is 1. The van der Waals surface area contributed by atoms with Crippen molar-refractivity contribution in [1.82, 2.24) is 15.1 Å². The Morgan fingerprint density at radius 3 is 2.32 bits per heavy atom. The van der Waals surface area contributed by atoms with E-state index < -0.39 is 0 Å². The summed E-state index contributed by atoms with van der Waals surface area (Å²) in [7, 11) is 1.60. The first-order valence-corrected chi connectivity index (χ1v) is 7.53. The maximum absolute atomic E-state index is 12.0. The fraction of sp³-hybridized carbons (Fsp3) is 0.786. The highest BCUT2D eigenvalue weighted by molar-refractivity contribution is 5.96. The lowest BCUT2D eigenvalue weighted by molar-refractivity contribution is -0.137. The quantitative estimate of drug-likeness (QED) is 0.520. The SMILES string of the molecule is CCOC(=O)N1CCN(C(=O)CC(=O)NCCCOC)CC1. The summed E-state index contributed by atoms with van der Waals surface area (Å²) in [5.41, 5.74) is 0. The van der Waals surface area contributed by atoms with Crippen LogP contribution < -0.4 is 5.32 Å². The van der Waals surface area contributed by atoms with Crippen LogP contribution in [0.4, 0.5) is 4.79 Å². The summed E-state index contributed by atoms with van der Waals surface area (Å²) in [6.45, 7) is 4.87. The van der Waals surface area contributed by atoms with Crippen LogP contribution in [0.15, 0.2) is 0 Å². The molecule has 0 spiro atoms. The molecule has 8 nitrogen and oxygen atoms in total. The molecule has 0 saturated carbocycles. The van der Waals surface area contributed by atoms with Crippen LogP contribution in [0.5, 0.6) is 0 Å². The Morgan fingerprint density at radius 2 is 1.73 bits per heavy atom. The topological polar surface area (TPSA) is 88.2 Å². The van der Waals surface area contributed by atoms with Crippen molar-refractivity contribution >= 4 is 17.9 Å². The third kappa shape index (κ3) is 6.30. The summed E-state index contributed by atoms with van der Waals surface area (Å²) in [4.78, 5) is 38.4. The molecule has 0 bridgehead atoms. The van der Waals surface area contributed by atoms with Crippen molar-refractivity contribution in [2.24, 2.45) is 0 Å². The second kappa shape index (κ2) is 9.99. The smallest absolute Gasteiger partial charge is 0.409 e. The fourth-order valence-corrected chi connectivity index (χ4v) is 2.11. The number of piperazine rings is 1. The summed E-state index contributed by atoms with van der Waals surface area (Å²) in [6.07, 6.45) is 0.201. The van der Waals surface area contributed by atoms with Gasteiger partial charge in [-0.1, -0.05) is 0 Å². The molecular formula is C14H25N3O5. The summed E-state index contributed by atoms with van der Waals surface area (Å²) >= 11 is 0. The van der Waals surface area contributed by atoms with Crippen molar-refractivity contribution in [3.63, 3.8) is 0 Å². The zero-order valence-corrected chi connectivity index (χ0v) is 13.3. The van der Waals surface area contributed by atoms with Crippen LogP contribution >= 0.6 is 0 Å². The van der Waals surface area contributed by atoms with E-state index in [9.17, 15) is 14.4 Å². The molecule has 1 aliphatic rings. The van der Waals surface area contributed by atoms with E-state index in [-0.39, 0.29) is 24.3 Å². The highest BCUT2D eigenvalue weighted by Crippen LogP contribution is 2.05. The minimum absolute atomic E-state index is 0.160. The maximum atomic E-state index is 12.0. The fourth-order valence-electron chi connectivity index (χ4n) is 2.11. The number of carbonyl (C=O) groups excluding carboxylic acids is 3. The molecule has 0 aromatic rings. The molecule has 126 valence electrons. The van der Waals surface area contributed by atoms with Gasteiger partial charge in [-0.25, -0.2) is 4.79 Å². The second-order valence-corrected chi connectivity index (χ2v) is 4.94. The molecule has 0 unspecified atom stereocenters. The summed E-state index contributed by atoms with van der Waals surface area (Å²) in [5, 5.41) is 2.68. The number of ether oxygens (including phenoxy) is 2. The number of hydrogen-bond donors (Lipinski definition) is 1. The van der Waals surface area contributed by atoms with E-state index >= 15 is 0 Å². The van der Waals surface area contributed by atoms with Gasteiger partial charge in [-0.05, 0) is 13.3 Å². The van der Waals surface area contributed by atoms with Crippen LogP contribution in [-0.2, 0) is 19.1 Å². The minimum Gasteiger partial charge on any atom is -0.450 e. The summed E-state index contributed by atoms with van der Waals surface area (Å²) in [5.74, 6) is -0.498. The van der Waals surface area contributed by atoms with Gasteiger partial charge < -0.3 is 24.6 Å². The third-order valence-electron chi connectivity index (χ3n) is 3.32. The molecule has 0 radical (unpaired) electrons. The molecule has 1 aliphatic heterocycles. The molecule has 1 rings (SSSR count). The zero-order valence-electron chi connectivity index (χ0n) is 13.3. The Morgan fingerprint density at radius 1 is 1.09 bits per heavy atom. The van der Waals surface area contributed by atoms with Gasteiger partial charge in [-0.3, -0.25) is 9.59 Å². The lowest BCUT2D eigenvalue weighted by Gasteiger charge is -2.34. The molecule has 22 heavy (non-hydrogen) atoms. The van der Waals surface area contributed by atoms with Gasteiger partial charge in [-0.2, -0.15) is 0 Å². The maximum Gasteiger partial charge on any atom is 0.409 e. The average Bonchev–Trinajstić information content (AvgIpc) is 2.52. The van der Waals surface area contributed by atoms with Crippen LogP contribution in [-0.4, -0.2) is 80.8 Å². The van der Waals surface area contributed by atoms with E-state index in [1.807, 2.05) is 0 Å². The van der Waals surface area contributed by atoms with E-state index in [2.05, 4.69) is 5.32 Å². The van der Waals surface area contributed by atoms with E-state index in [0.29, 0.717) is 52.4 Å². The molecule has 0 aliphatic carbocycles. The van der Waals surface area contributed by atoms with Gasteiger partial charge in [0.2, 0.25) is 11.8 Å². The monoisotopic (exact) mass is 315 g/mol. The molecule has 1 heterocycles. The van der Waals surface area contributed by atoms with Crippen molar-refractivity contribution in [3.05, 3.63) is 0 Å². The molecule has 0 aromatic heterocycles. The Balaban J connectivity index is 2.24. The van der Waals surface area contributed by atoms with Gasteiger partial charge in [0.1, 0.15) is 6.42 Å². The molecule has 0 atom stereocenters. The van der Waals surface area contributed by atoms with Crippen LogP contribution in [0.3, 0.4) is 0 Å². The summed E-state index contributed by atoms with van der Waals surface area (Å²) < 4.78 is 9.79. The number of carbonyl (C=O) groups is 3. The van der Waals surface area contributed by atoms with E-state index in [4.69, 9.17) is 9.47 Å². The predicted octanol–water partition coefficient (Wildman–Crippen LogP) is -0.170. The molecule has 8 heteroatoms. The van der Waals surface area contributed by atoms with Gasteiger partial charge >= 0.3 is 6.09 Å². The van der Waals surface area contributed by atoms with Crippen molar-refractivity contribution in [3.8, 4) is 0 Å². The van der Waals surface area contributed by atoms with Crippen LogP contribution in [0.25, 0.3) is 0 Å². The highest BCUT2D eigenvalue weighted by Gasteiger charge is 2.25. The molecule has 1 saturated heterocycles. The zero-order chi connectivity index (χ0) is 16.4. The molecule has 1 N–H and O–H groups in total. The molecule has 1 fully saturated rings. The molecule has 0 aromatic carbocycles. The van der Waals surface area contributed by atoms with Gasteiger partial charge in [0.05, 0.1) is 6.61 Å². The lowest BCUT2D eigenvalue weighted by Crippen LogP contribution is -2.51. The lowest BCUT2D eigenvalue weighted by atomic mass is 10.2.